The molecule has 0 spiro atoms. The van der Waals surface area contributed by atoms with Gasteiger partial charge >= 0.3 is 5.97 Å². The lowest BCUT2D eigenvalue weighted by atomic mass is 10.1. The van der Waals surface area contributed by atoms with Crippen molar-refractivity contribution in [1.82, 2.24) is 4.57 Å². The van der Waals surface area contributed by atoms with Crippen molar-refractivity contribution in [2.75, 3.05) is 20.0 Å². The molecule has 1 aromatic carbocycles. The van der Waals surface area contributed by atoms with Crippen LogP contribution in [-0.2, 0) is 4.74 Å². The van der Waals surface area contributed by atoms with Gasteiger partial charge in [0.15, 0.2) is 5.69 Å². The molecule has 1 aromatic heterocycles. The molecular formula is C16H17N3O3. The van der Waals surface area contributed by atoms with Gasteiger partial charge < -0.3 is 19.8 Å². The maximum absolute atomic E-state index is 12.0. The number of nitrogens with zero attached hydrogens (tertiary/aromatic N) is 2. The van der Waals surface area contributed by atoms with Crippen molar-refractivity contribution < 1.29 is 14.3 Å². The normalized spacial score (nSPS) is 10.1. The zero-order valence-corrected chi connectivity index (χ0v) is 12.9. The number of carbonyl (C=O) groups excluding carboxylic acids is 1. The first-order valence-electron chi connectivity index (χ1n) is 6.59. The number of methoxy groups -OCH3 is 2. The second kappa shape index (κ2) is 5.82. The summed E-state index contributed by atoms with van der Waals surface area (Å²) < 4.78 is 11.7. The Balaban J connectivity index is 2.75. The number of carbonyl (C=O) groups is 1. The number of nitrogen functional groups attached to an aromatic ring is 1. The zero-order valence-electron chi connectivity index (χ0n) is 12.9. The number of nitrogens with two attached hydrogens (primary N) is 1. The monoisotopic (exact) mass is 299 g/mol. The lowest BCUT2D eigenvalue weighted by Gasteiger charge is -2.14. The van der Waals surface area contributed by atoms with Crippen LogP contribution < -0.4 is 10.5 Å². The highest BCUT2D eigenvalue weighted by molar-refractivity contribution is 5.96. The first-order valence-corrected chi connectivity index (χ1v) is 6.59. The van der Waals surface area contributed by atoms with Crippen molar-refractivity contribution in [3.05, 3.63) is 40.7 Å². The number of aromatic nitrogens is 1. The second-order valence-corrected chi connectivity index (χ2v) is 4.89. The number of hydrogen-bond acceptors (Lipinski definition) is 5. The number of rotatable bonds is 3. The first-order chi connectivity index (χ1) is 10.4. The van der Waals surface area contributed by atoms with E-state index in [1.54, 1.807) is 11.7 Å². The van der Waals surface area contributed by atoms with Crippen molar-refractivity contribution >= 4 is 11.7 Å². The molecule has 0 bridgehead atoms. The summed E-state index contributed by atoms with van der Waals surface area (Å²) in [6.07, 6.45) is 1.54. The van der Waals surface area contributed by atoms with Crippen molar-refractivity contribution in [3.8, 4) is 17.5 Å². The van der Waals surface area contributed by atoms with Crippen LogP contribution in [0, 0.1) is 25.2 Å². The van der Waals surface area contributed by atoms with E-state index >= 15 is 0 Å². The van der Waals surface area contributed by atoms with Gasteiger partial charge in [0.2, 0.25) is 0 Å². The Hall–Kier alpha value is -2.94. The zero-order chi connectivity index (χ0) is 16.4. The van der Waals surface area contributed by atoms with Crippen LogP contribution in [-0.4, -0.2) is 24.8 Å². The van der Waals surface area contributed by atoms with Gasteiger partial charge in [0.1, 0.15) is 11.8 Å². The van der Waals surface area contributed by atoms with E-state index in [4.69, 9.17) is 20.5 Å². The Labute approximate surface area is 128 Å². The molecule has 22 heavy (non-hydrogen) atoms. The molecular weight excluding hydrogens is 282 g/mol. The van der Waals surface area contributed by atoms with E-state index in [1.807, 2.05) is 32.0 Å². The number of nitriles is 1. The summed E-state index contributed by atoms with van der Waals surface area (Å²) in [7, 11) is 2.88. The average Bonchev–Trinajstić information content (AvgIpc) is 2.84. The average molecular weight is 299 g/mol. The summed E-state index contributed by atoms with van der Waals surface area (Å²) in [5.74, 6) is 0.161. The van der Waals surface area contributed by atoms with E-state index in [-0.39, 0.29) is 16.9 Å². The van der Waals surface area contributed by atoms with Crippen LogP contribution in [0.3, 0.4) is 0 Å². The van der Waals surface area contributed by atoms with Gasteiger partial charge in [-0.25, -0.2) is 4.79 Å². The van der Waals surface area contributed by atoms with Crippen molar-refractivity contribution in [3.63, 3.8) is 0 Å². The summed E-state index contributed by atoms with van der Waals surface area (Å²) in [6, 6.07) is 5.73. The molecule has 0 unspecified atom stereocenters. The fourth-order valence-corrected chi connectivity index (χ4v) is 2.36. The van der Waals surface area contributed by atoms with Gasteiger partial charge in [0.05, 0.1) is 25.5 Å². The number of hydrogen-bond donors (Lipinski definition) is 1. The van der Waals surface area contributed by atoms with E-state index in [0.717, 1.165) is 22.6 Å². The SMILES string of the molecule is COC(=O)c1c(N)c(C#N)cn1-c1cc(C)c(OC)cc1C. The van der Waals surface area contributed by atoms with Gasteiger partial charge in [-0.3, -0.25) is 0 Å². The molecule has 0 aliphatic rings. The van der Waals surface area contributed by atoms with E-state index in [0.29, 0.717) is 0 Å². The minimum Gasteiger partial charge on any atom is -0.496 e. The number of esters is 1. The third kappa shape index (κ3) is 2.37. The molecule has 0 atom stereocenters. The molecule has 2 aromatic rings. The minimum absolute atomic E-state index is 0.113. The third-order valence-corrected chi connectivity index (χ3v) is 3.52. The van der Waals surface area contributed by atoms with Crippen molar-refractivity contribution in [1.29, 1.82) is 5.26 Å². The van der Waals surface area contributed by atoms with Crippen LogP contribution in [0.5, 0.6) is 5.75 Å². The molecule has 2 rings (SSSR count). The highest BCUT2D eigenvalue weighted by Gasteiger charge is 2.22. The summed E-state index contributed by atoms with van der Waals surface area (Å²) in [4.78, 5) is 12.0. The highest BCUT2D eigenvalue weighted by atomic mass is 16.5. The second-order valence-electron chi connectivity index (χ2n) is 4.89. The van der Waals surface area contributed by atoms with E-state index in [2.05, 4.69) is 0 Å². The number of aryl methyl sites for hydroxylation is 2. The van der Waals surface area contributed by atoms with Gasteiger partial charge in [-0.2, -0.15) is 5.26 Å². The molecule has 0 saturated heterocycles. The lowest BCUT2D eigenvalue weighted by molar-refractivity contribution is 0.0593. The van der Waals surface area contributed by atoms with Gasteiger partial charge in [0, 0.05) is 11.9 Å². The highest BCUT2D eigenvalue weighted by Crippen LogP contribution is 2.30. The fourth-order valence-electron chi connectivity index (χ4n) is 2.36. The van der Waals surface area contributed by atoms with Crippen molar-refractivity contribution in [2.45, 2.75) is 13.8 Å². The van der Waals surface area contributed by atoms with Gasteiger partial charge in [-0.05, 0) is 37.1 Å². The number of anilines is 1. The molecule has 0 aliphatic carbocycles. The van der Waals surface area contributed by atoms with Crippen LogP contribution in [0.25, 0.3) is 5.69 Å². The smallest absolute Gasteiger partial charge is 0.357 e. The van der Waals surface area contributed by atoms with E-state index < -0.39 is 5.97 Å². The number of ether oxygens (including phenoxy) is 2. The van der Waals surface area contributed by atoms with Crippen molar-refractivity contribution in [2.24, 2.45) is 0 Å². The fraction of sp³-hybridized carbons (Fsp3) is 0.250. The molecule has 0 amide bonds. The molecule has 2 N–H and O–H groups in total. The maximum atomic E-state index is 12.0. The molecule has 0 saturated carbocycles. The molecule has 0 fully saturated rings. The first kappa shape index (κ1) is 15.4. The van der Waals surface area contributed by atoms with E-state index in [9.17, 15) is 4.79 Å². The largest absolute Gasteiger partial charge is 0.496 e. The maximum Gasteiger partial charge on any atom is 0.357 e. The number of benzene rings is 1. The Morgan fingerprint density at radius 1 is 1.27 bits per heavy atom. The van der Waals surface area contributed by atoms with Gasteiger partial charge in [-0.15, -0.1) is 0 Å². The van der Waals surface area contributed by atoms with E-state index in [1.165, 1.54) is 13.3 Å². The molecule has 0 radical (unpaired) electrons. The third-order valence-electron chi connectivity index (χ3n) is 3.52. The van der Waals surface area contributed by atoms with Crippen LogP contribution in [0.1, 0.15) is 27.2 Å². The predicted octanol–water partition coefficient (Wildman–Crippen LogP) is 2.34. The standard InChI is InChI=1S/C16H17N3O3/c1-9-6-13(21-3)10(2)5-12(9)19-8-11(7-17)14(18)15(19)16(20)22-4/h5-6,8H,18H2,1-4H3. The quantitative estimate of drug-likeness (QED) is 0.878. The lowest BCUT2D eigenvalue weighted by Crippen LogP contribution is -2.12. The minimum atomic E-state index is -0.591. The summed E-state index contributed by atoms with van der Waals surface area (Å²) >= 11 is 0. The predicted molar refractivity (Wildman–Crippen MR) is 82.3 cm³/mol. The molecule has 6 nitrogen and oxygen atoms in total. The Morgan fingerprint density at radius 3 is 2.50 bits per heavy atom. The molecule has 0 aliphatic heterocycles. The molecule has 6 heteroatoms. The summed E-state index contributed by atoms with van der Waals surface area (Å²) in [5, 5.41) is 9.15. The van der Waals surface area contributed by atoms with Crippen LogP contribution >= 0.6 is 0 Å². The Morgan fingerprint density at radius 2 is 1.95 bits per heavy atom. The summed E-state index contributed by atoms with van der Waals surface area (Å²) in [6.45, 7) is 3.79. The summed E-state index contributed by atoms with van der Waals surface area (Å²) in [5.41, 5.74) is 8.92. The Kier molecular flexibility index (Phi) is 4.08. The molecule has 1 heterocycles. The molecule has 114 valence electrons. The van der Waals surface area contributed by atoms with Gasteiger partial charge in [0.25, 0.3) is 0 Å². The van der Waals surface area contributed by atoms with Gasteiger partial charge in [-0.1, -0.05) is 0 Å². The Bertz CT molecular complexity index is 785. The van der Waals surface area contributed by atoms with Crippen LogP contribution in [0.15, 0.2) is 18.3 Å². The van der Waals surface area contributed by atoms with Crippen LogP contribution in [0.4, 0.5) is 5.69 Å². The van der Waals surface area contributed by atoms with Crippen LogP contribution in [0.2, 0.25) is 0 Å². The topological polar surface area (TPSA) is 90.3 Å².